The van der Waals surface area contributed by atoms with E-state index < -0.39 is 20.0 Å². The maximum absolute atomic E-state index is 13.4. The lowest BCUT2D eigenvalue weighted by Gasteiger charge is -2.38. The van der Waals surface area contributed by atoms with Crippen molar-refractivity contribution in [2.45, 2.75) is 80.5 Å². The standard InChI is InChI=1S/C25H31Cl2N3O5S2/c26-23-6-1-7-24(25(23)27)37(33,34)29-14-2-4-18(29)5-3-15-36(31,32)30-19-8-9-20(30)17-22(16-19)35-21-10-12-28-13-11-21/h1,6-7,10-13,18-20,22H,2-5,8-9,14-17H2/t18-,19-,20+,22?/m0/s1. The number of hydrogen-bond donors (Lipinski definition) is 0. The van der Waals surface area contributed by atoms with Crippen molar-refractivity contribution in [3.05, 3.63) is 52.8 Å². The molecule has 3 aliphatic rings. The summed E-state index contributed by atoms with van der Waals surface area (Å²) in [5.74, 6) is 0.767. The van der Waals surface area contributed by atoms with Gasteiger partial charge >= 0.3 is 0 Å². The number of hydrogen-bond acceptors (Lipinski definition) is 6. The number of benzene rings is 1. The van der Waals surface area contributed by atoms with E-state index in [0.29, 0.717) is 38.6 Å². The van der Waals surface area contributed by atoms with Crippen LogP contribution in [-0.2, 0) is 20.0 Å². The van der Waals surface area contributed by atoms with Crippen molar-refractivity contribution < 1.29 is 21.6 Å². The molecule has 1 aromatic carbocycles. The van der Waals surface area contributed by atoms with Gasteiger partial charge in [0.05, 0.1) is 15.8 Å². The number of nitrogens with zero attached hydrogens (tertiary/aromatic N) is 3. The van der Waals surface area contributed by atoms with Crippen LogP contribution in [0.1, 0.15) is 51.4 Å². The van der Waals surface area contributed by atoms with Crippen molar-refractivity contribution in [2.75, 3.05) is 12.3 Å². The van der Waals surface area contributed by atoms with Gasteiger partial charge in [-0.3, -0.25) is 4.98 Å². The minimum Gasteiger partial charge on any atom is -0.490 e. The van der Waals surface area contributed by atoms with Crippen LogP contribution < -0.4 is 4.74 Å². The highest BCUT2D eigenvalue weighted by Gasteiger charge is 2.47. The number of fused-ring (bicyclic) bond motifs is 2. The maximum atomic E-state index is 13.4. The van der Waals surface area contributed by atoms with E-state index in [0.717, 1.165) is 25.0 Å². The number of halogens is 2. The predicted octanol–water partition coefficient (Wildman–Crippen LogP) is 4.73. The van der Waals surface area contributed by atoms with Gasteiger partial charge in [-0.2, -0.15) is 8.61 Å². The van der Waals surface area contributed by atoms with Crippen molar-refractivity contribution in [3.8, 4) is 5.75 Å². The first-order chi connectivity index (χ1) is 17.7. The third-order valence-corrected chi connectivity index (χ3v) is 12.6. The number of aromatic nitrogens is 1. The molecule has 0 radical (unpaired) electrons. The smallest absolute Gasteiger partial charge is 0.244 e. The SMILES string of the molecule is O=S(=O)(CCC[C@@H]1CCCN1S(=O)(=O)c1cccc(Cl)c1Cl)N1[C@@H]2CC[C@H]1CC(Oc1ccncc1)C2. The normalized spacial score (nSPS) is 27.0. The van der Waals surface area contributed by atoms with Gasteiger partial charge in [-0.05, 0) is 62.8 Å². The fraction of sp³-hybridized carbons (Fsp3) is 0.560. The largest absolute Gasteiger partial charge is 0.490 e. The molecule has 4 heterocycles. The van der Waals surface area contributed by atoms with Crippen LogP contribution in [0.25, 0.3) is 0 Å². The molecule has 0 saturated carbocycles. The van der Waals surface area contributed by atoms with Crippen molar-refractivity contribution in [2.24, 2.45) is 0 Å². The Kier molecular flexibility index (Phi) is 8.06. The van der Waals surface area contributed by atoms with E-state index in [1.165, 1.54) is 10.4 Å². The Labute approximate surface area is 229 Å². The first-order valence-corrected chi connectivity index (χ1v) is 16.5. The van der Waals surface area contributed by atoms with E-state index in [-0.39, 0.29) is 44.9 Å². The molecule has 0 spiro atoms. The van der Waals surface area contributed by atoms with Gasteiger partial charge in [0.25, 0.3) is 0 Å². The Morgan fingerprint density at radius 3 is 2.38 bits per heavy atom. The van der Waals surface area contributed by atoms with Gasteiger partial charge in [-0.25, -0.2) is 16.8 Å². The van der Waals surface area contributed by atoms with Crippen LogP contribution >= 0.6 is 23.2 Å². The first-order valence-electron chi connectivity index (χ1n) is 12.7. The van der Waals surface area contributed by atoms with Gasteiger partial charge in [0.1, 0.15) is 16.7 Å². The predicted molar refractivity (Wildman–Crippen MR) is 143 cm³/mol. The third-order valence-electron chi connectivity index (χ3n) is 7.66. The molecule has 2 aromatic rings. The minimum atomic E-state index is -3.83. The van der Waals surface area contributed by atoms with E-state index in [4.69, 9.17) is 27.9 Å². The topological polar surface area (TPSA) is 96.9 Å². The van der Waals surface area contributed by atoms with E-state index in [2.05, 4.69) is 4.98 Å². The van der Waals surface area contributed by atoms with E-state index >= 15 is 0 Å². The lowest BCUT2D eigenvalue weighted by Crippen LogP contribution is -2.50. The molecule has 0 N–H and O–H groups in total. The number of piperidine rings is 1. The lowest BCUT2D eigenvalue weighted by atomic mass is 10.0. The van der Waals surface area contributed by atoms with Crippen LogP contribution in [0, 0.1) is 0 Å². The summed E-state index contributed by atoms with van der Waals surface area (Å²) in [7, 11) is -7.29. The summed E-state index contributed by atoms with van der Waals surface area (Å²) in [5, 5.41) is 0.207. The Morgan fingerprint density at radius 1 is 0.973 bits per heavy atom. The monoisotopic (exact) mass is 587 g/mol. The summed E-state index contributed by atoms with van der Waals surface area (Å²) in [5.41, 5.74) is 0. The molecule has 202 valence electrons. The van der Waals surface area contributed by atoms with Gasteiger partial charge in [0, 0.05) is 49.9 Å². The lowest BCUT2D eigenvalue weighted by molar-refractivity contribution is 0.0956. The van der Waals surface area contributed by atoms with Crippen molar-refractivity contribution in [1.29, 1.82) is 0 Å². The second-order valence-corrected chi connectivity index (χ2v) is 14.7. The van der Waals surface area contributed by atoms with E-state index in [1.54, 1.807) is 28.8 Å². The Morgan fingerprint density at radius 2 is 1.68 bits per heavy atom. The molecule has 2 bridgehead atoms. The Balaban J connectivity index is 1.19. The summed E-state index contributed by atoms with van der Waals surface area (Å²) in [6, 6.07) is 7.85. The van der Waals surface area contributed by atoms with Crippen LogP contribution in [-0.4, -0.2) is 67.0 Å². The number of ether oxygens (including phenoxy) is 1. The van der Waals surface area contributed by atoms with Gasteiger partial charge < -0.3 is 4.74 Å². The Bertz CT molecular complexity index is 1310. The van der Waals surface area contributed by atoms with Crippen molar-refractivity contribution >= 4 is 43.2 Å². The number of rotatable bonds is 9. The molecule has 0 aliphatic carbocycles. The number of pyridine rings is 1. The fourth-order valence-electron chi connectivity index (χ4n) is 6.07. The molecule has 3 fully saturated rings. The zero-order chi connectivity index (χ0) is 26.2. The highest BCUT2D eigenvalue weighted by atomic mass is 35.5. The van der Waals surface area contributed by atoms with E-state index in [9.17, 15) is 16.8 Å². The minimum absolute atomic E-state index is 0.00498. The number of sulfonamides is 2. The zero-order valence-corrected chi connectivity index (χ0v) is 23.5. The summed E-state index contributed by atoms with van der Waals surface area (Å²) < 4.78 is 62.7. The van der Waals surface area contributed by atoms with E-state index in [1.807, 2.05) is 12.1 Å². The van der Waals surface area contributed by atoms with Gasteiger partial charge in [0.2, 0.25) is 20.0 Å². The molecule has 3 aliphatic heterocycles. The molecular weight excluding hydrogens is 557 g/mol. The summed E-state index contributed by atoms with van der Waals surface area (Å²) >= 11 is 12.3. The molecule has 1 aromatic heterocycles. The summed E-state index contributed by atoms with van der Waals surface area (Å²) in [4.78, 5) is 4.00. The van der Waals surface area contributed by atoms with Crippen LogP contribution in [0.5, 0.6) is 5.75 Å². The highest BCUT2D eigenvalue weighted by Crippen LogP contribution is 2.40. The highest BCUT2D eigenvalue weighted by molar-refractivity contribution is 7.89. The van der Waals surface area contributed by atoms with Crippen LogP contribution in [0.15, 0.2) is 47.6 Å². The van der Waals surface area contributed by atoms with Crippen LogP contribution in [0.4, 0.5) is 0 Å². The molecular formula is C25H31Cl2N3O5S2. The molecule has 0 amide bonds. The summed E-state index contributed by atoms with van der Waals surface area (Å²) in [6.45, 7) is 0.387. The average molecular weight is 589 g/mol. The quantitative estimate of drug-likeness (QED) is 0.421. The van der Waals surface area contributed by atoms with Gasteiger partial charge in [-0.1, -0.05) is 29.3 Å². The van der Waals surface area contributed by atoms with Crippen molar-refractivity contribution in [1.82, 2.24) is 13.6 Å². The second kappa shape index (κ2) is 11.0. The van der Waals surface area contributed by atoms with Gasteiger partial charge in [-0.15, -0.1) is 0 Å². The molecule has 12 heteroatoms. The molecule has 3 saturated heterocycles. The second-order valence-electron chi connectivity index (χ2n) is 10.0. The van der Waals surface area contributed by atoms with Crippen molar-refractivity contribution in [3.63, 3.8) is 0 Å². The molecule has 8 nitrogen and oxygen atoms in total. The molecule has 1 unspecified atom stereocenters. The third kappa shape index (κ3) is 5.65. The Hall–Kier alpha value is -1.43. The molecule has 4 atom stereocenters. The maximum Gasteiger partial charge on any atom is 0.244 e. The van der Waals surface area contributed by atoms with Crippen LogP contribution in [0.3, 0.4) is 0 Å². The summed E-state index contributed by atoms with van der Waals surface area (Å²) in [6.07, 6.45) is 8.69. The fourth-order valence-corrected chi connectivity index (χ4v) is 10.6. The first kappa shape index (κ1) is 27.1. The zero-order valence-electron chi connectivity index (χ0n) is 20.4. The van der Waals surface area contributed by atoms with Crippen LogP contribution in [0.2, 0.25) is 10.0 Å². The molecule has 37 heavy (non-hydrogen) atoms. The van der Waals surface area contributed by atoms with Gasteiger partial charge in [0.15, 0.2) is 0 Å². The molecule has 5 rings (SSSR count). The average Bonchev–Trinajstić information content (AvgIpc) is 3.45.